The molecule has 2 atom stereocenters. The van der Waals surface area contributed by atoms with Crippen molar-refractivity contribution in [2.45, 2.75) is 19.2 Å². The summed E-state index contributed by atoms with van der Waals surface area (Å²) in [6.45, 7) is 3.15. The number of halogens is 4. The molecule has 0 aliphatic heterocycles. The zero-order valence-corrected chi connectivity index (χ0v) is 8.86. The molecule has 0 aromatic rings. The molecule has 1 fully saturated rings. The molecule has 0 bridgehead atoms. The summed E-state index contributed by atoms with van der Waals surface area (Å²) in [5, 5.41) is 4.65. The Morgan fingerprint density at radius 1 is 1.53 bits per heavy atom. The first kappa shape index (κ1) is 12.4. The quantitative estimate of drug-likeness (QED) is 0.773. The number of hydrogen-bond donors (Lipinski definition) is 1. The third-order valence-corrected chi connectivity index (χ3v) is 2.95. The van der Waals surface area contributed by atoms with Gasteiger partial charge in [0, 0.05) is 0 Å². The summed E-state index contributed by atoms with van der Waals surface area (Å²) < 4.78 is 37.3. The van der Waals surface area contributed by atoms with Crippen LogP contribution in [-0.2, 0) is 4.79 Å². The van der Waals surface area contributed by atoms with E-state index < -0.39 is 34.4 Å². The molecule has 15 heavy (non-hydrogen) atoms. The lowest BCUT2D eigenvalue weighted by Gasteiger charge is -2.04. The predicted molar refractivity (Wildman–Crippen MR) is 48.4 cm³/mol. The number of aliphatic carboxylic acids is 1. The first-order chi connectivity index (χ1) is 6.58. The highest BCUT2D eigenvalue weighted by atomic mass is 35.5. The molecule has 1 N–H and O–H groups in total. The molecule has 0 heterocycles. The lowest BCUT2D eigenvalue weighted by Crippen LogP contribution is -2.07. The summed E-state index contributed by atoms with van der Waals surface area (Å²) in [5.41, 5.74) is -0.703. The summed E-state index contributed by atoms with van der Waals surface area (Å²) in [6, 6.07) is 0. The van der Waals surface area contributed by atoms with E-state index in [1.165, 1.54) is 0 Å². The monoisotopic (exact) mass is 242 g/mol. The molecule has 1 aliphatic rings. The smallest absolute Gasteiger partial charge is 0.373 e. The van der Waals surface area contributed by atoms with Crippen molar-refractivity contribution in [3.8, 4) is 0 Å². The fourth-order valence-electron chi connectivity index (χ4n) is 1.71. The summed E-state index contributed by atoms with van der Waals surface area (Å²) in [7, 11) is 0. The fourth-order valence-corrected chi connectivity index (χ4v) is 1.78. The first-order valence-electron chi connectivity index (χ1n) is 4.26. The zero-order valence-electron chi connectivity index (χ0n) is 8.10. The summed E-state index contributed by atoms with van der Waals surface area (Å²) in [4.78, 5) is 10.6. The van der Waals surface area contributed by atoms with Gasteiger partial charge in [0.2, 0.25) is 0 Å². The largest absolute Gasteiger partial charge is 0.481 e. The maximum atomic E-state index is 12.8. The van der Waals surface area contributed by atoms with E-state index in [0.29, 0.717) is 6.08 Å². The summed E-state index contributed by atoms with van der Waals surface area (Å²) in [6.07, 6.45) is 0.603. The van der Waals surface area contributed by atoms with Gasteiger partial charge in [0.05, 0.1) is 5.92 Å². The molecule has 0 saturated heterocycles. The third kappa shape index (κ3) is 2.27. The van der Waals surface area contributed by atoms with Crippen molar-refractivity contribution in [2.75, 3.05) is 0 Å². The van der Waals surface area contributed by atoms with Gasteiger partial charge in [-0.2, -0.15) is 8.78 Å². The Balaban J connectivity index is 2.83. The predicted octanol–water partition coefficient (Wildman–Crippen LogP) is 3.03. The van der Waals surface area contributed by atoms with Gasteiger partial charge in [-0.3, -0.25) is 4.79 Å². The standard InChI is InChI=1S/C9H10ClF3O2/c1-8(2)4(6(8)7(14)15)3-5(11)9(10,12)13/h3-4,6H,1-2H3,(H,14,15)/b5-3-/t4-,6+/m1/s1. The van der Waals surface area contributed by atoms with Crippen molar-refractivity contribution in [3.05, 3.63) is 11.9 Å². The van der Waals surface area contributed by atoms with Gasteiger partial charge in [-0.25, -0.2) is 4.39 Å². The molecule has 86 valence electrons. The molecule has 0 aromatic heterocycles. The summed E-state index contributed by atoms with van der Waals surface area (Å²) in [5.74, 6) is -4.47. The minimum absolute atomic E-state index is 0.603. The summed E-state index contributed by atoms with van der Waals surface area (Å²) >= 11 is 4.45. The van der Waals surface area contributed by atoms with Gasteiger partial charge in [0.1, 0.15) is 0 Å². The molecule has 0 aromatic carbocycles. The molecule has 0 radical (unpaired) electrons. The normalized spacial score (nSPS) is 30.1. The van der Waals surface area contributed by atoms with E-state index in [-0.39, 0.29) is 0 Å². The minimum Gasteiger partial charge on any atom is -0.481 e. The van der Waals surface area contributed by atoms with E-state index >= 15 is 0 Å². The van der Waals surface area contributed by atoms with Crippen molar-refractivity contribution in [1.82, 2.24) is 0 Å². The maximum Gasteiger partial charge on any atom is 0.373 e. The van der Waals surface area contributed by atoms with Crippen LogP contribution in [0, 0.1) is 17.3 Å². The van der Waals surface area contributed by atoms with Gasteiger partial charge in [-0.1, -0.05) is 13.8 Å². The van der Waals surface area contributed by atoms with Gasteiger partial charge in [0.15, 0.2) is 5.83 Å². The van der Waals surface area contributed by atoms with Crippen LogP contribution >= 0.6 is 11.6 Å². The van der Waals surface area contributed by atoms with Crippen molar-refractivity contribution >= 4 is 17.6 Å². The van der Waals surface area contributed by atoms with E-state index in [1.807, 2.05) is 0 Å². The molecule has 6 heteroatoms. The van der Waals surface area contributed by atoms with Crippen LogP contribution in [-0.4, -0.2) is 16.5 Å². The molecule has 2 nitrogen and oxygen atoms in total. The maximum absolute atomic E-state index is 12.8. The Labute approximate surface area is 89.7 Å². The van der Waals surface area contributed by atoms with Crippen molar-refractivity contribution in [1.29, 1.82) is 0 Å². The van der Waals surface area contributed by atoms with Crippen LogP contribution in [0.25, 0.3) is 0 Å². The number of allylic oxidation sites excluding steroid dienone is 2. The Bertz CT molecular complexity index is 320. The fraction of sp³-hybridized carbons (Fsp3) is 0.667. The molecular formula is C9H10ClF3O2. The third-order valence-electron chi connectivity index (χ3n) is 2.77. The molecule has 1 rings (SSSR count). The van der Waals surface area contributed by atoms with Crippen LogP contribution < -0.4 is 0 Å². The van der Waals surface area contributed by atoms with Crippen LogP contribution in [0.1, 0.15) is 13.8 Å². The van der Waals surface area contributed by atoms with Crippen molar-refractivity contribution < 1.29 is 23.1 Å². The van der Waals surface area contributed by atoms with E-state index in [4.69, 9.17) is 5.11 Å². The lowest BCUT2D eigenvalue weighted by atomic mass is 10.1. The van der Waals surface area contributed by atoms with Crippen LogP contribution in [0.5, 0.6) is 0 Å². The molecule has 0 unspecified atom stereocenters. The Morgan fingerprint density at radius 2 is 2.00 bits per heavy atom. The first-order valence-corrected chi connectivity index (χ1v) is 4.63. The number of hydrogen-bond acceptors (Lipinski definition) is 1. The molecule has 0 spiro atoms. The van der Waals surface area contributed by atoms with Crippen molar-refractivity contribution in [2.24, 2.45) is 17.3 Å². The highest BCUT2D eigenvalue weighted by Crippen LogP contribution is 2.59. The second-order valence-corrected chi connectivity index (χ2v) is 4.65. The zero-order chi connectivity index (χ0) is 12.0. The topological polar surface area (TPSA) is 37.3 Å². The number of carboxylic acid groups (broad SMARTS) is 1. The van der Waals surface area contributed by atoms with E-state index in [1.54, 1.807) is 13.8 Å². The number of carboxylic acids is 1. The van der Waals surface area contributed by atoms with Crippen LogP contribution in [0.2, 0.25) is 0 Å². The Kier molecular flexibility index (Phi) is 2.80. The van der Waals surface area contributed by atoms with E-state index in [0.717, 1.165) is 0 Å². The highest BCUT2D eigenvalue weighted by molar-refractivity contribution is 6.23. The number of rotatable bonds is 3. The Morgan fingerprint density at radius 3 is 2.27 bits per heavy atom. The van der Waals surface area contributed by atoms with E-state index in [9.17, 15) is 18.0 Å². The van der Waals surface area contributed by atoms with Crippen LogP contribution in [0.15, 0.2) is 11.9 Å². The minimum atomic E-state index is -4.05. The second kappa shape index (κ2) is 3.40. The second-order valence-electron chi connectivity index (χ2n) is 4.18. The molecular weight excluding hydrogens is 233 g/mol. The number of alkyl halides is 3. The van der Waals surface area contributed by atoms with Gasteiger partial charge >= 0.3 is 11.4 Å². The average molecular weight is 243 g/mol. The molecule has 1 saturated carbocycles. The van der Waals surface area contributed by atoms with Gasteiger partial charge in [0.25, 0.3) is 0 Å². The molecule has 0 amide bonds. The SMILES string of the molecule is CC1(C)[C@H](/C=C(\F)C(F)(F)Cl)[C@H]1C(=O)O. The van der Waals surface area contributed by atoms with Gasteiger partial charge in [-0.05, 0) is 29.0 Å². The lowest BCUT2D eigenvalue weighted by molar-refractivity contribution is -0.139. The van der Waals surface area contributed by atoms with Gasteiger partial charge in [-0.15, -0.1) is 0 Å². The van der Waals surface area contributed by atoms with E-state index in [2.05, 4.69) is 11.6 Å². The van der Waals surface area contributed by atoms with Gasteiger partial charge < -0.3 is 5.11 Å². The molecule has 1 aliphatic carbocycles. The average Bonchev–Trinajstić information content (AvgIpc) is 2.50. The van der Waals surface area contributed by atoms with Crippen LogP contribution in [0.4, 0.5) is 13.2 Å². The Hall–Kier alpha value is -0.710. The van der Waals surface area contributed by atoms with Crippen molar-refractivity contribution in [3.63, 3.8) is 0 Å². The number of carbonyl (C=O) groups is 1. The van der Waals surface area contributed by atoms with Crippen LogP contribution in [0.3, 0.4) is 0 Å². The highest BCUT2D eigenvalue weighted by Gasteiger charge is 2.61.